The van der Waals surface area contributed by atoms with E-state index >= 15 is 0 Å². The molecule has 3 heterocycles. The summed E-state index contributed by atoms with van der Waals surface area (Å²) in [5, 5.41) is 0.978. The molecule has 0 aliphatic heterocycles. The van der Waals surface area contributed by atoms with Gasteiger partial charge >= 0.3 is 0 Å². The van der Waals surface area contributed by atoms with E-state index in [0.29, 0.717) is 0 Å². The van der Waals surface area contributed by atoms with E-state index in [4.69, 9.17) is 13.5 Å². The molecule has 0 saturated carbocycles. The molecular weight excluding hydrogens is 911 g/mol. The molecule has 0 unspecified atom stereocenters. The maximum absolute atomic E-state index is 7.23. The Hall–Kier alpha value is -6.65. The summed E-state index contributed by atoms with van der Waals surface area (Å²) in [7, 11) is 0. The molecule has 5 heteroatoms. The van der Waals surface area contributed by atoms with Crippen LogP contribution in [-0.4, -0.2) is 14.5 Å². The molecule has 0 saturated heterocycles. The molecule has 0 amide bonds. The first-order valence-electron chi connectivity index (χ1n) is 21.2. The van der Waals surface area contributed by atoms with Crippen molar-refractivity contribution in [3.05, 3.63) is 212 Å². The fourth-order valence-corrected chi connectivity index (χ4v) is 7.46. The number of para-hydroxylation sites is 2. The topological polar surface area (TPSA) is 43.9 Å². The monoisotopic (exact) mass is 957 g/mol. The average Bonchev–Trinajstić information content (AvgIpc) is 3.91. The summed E-state index contributed by atoms with van der Waals surface area (Å²) >= 11 is 0. The van der Waals surface area contributed by atoms with Crippen LogP contribution in [0.15, 0.2) is 193 Å². The Balaban J connectivity index is 0.000000271. The normalized spacial score (nSPS) is 12.2. The quantitative estimate of drug-likeness (QED) is 0.156. The summed E-state index contributed by atoms with van der Waals surface area (Å²) in [6.45, 7) is 4.74. The maximum Gasteiger partial charge on any atom is 0.0774 e. The maximum atomic E-state index is 7.23. The molecule has 0 aliphatic carbocycles. The summed E-state index contributed by atoms with van der Waals surface area (Å²) in [6, 6.07) is 65.0. The fraction of sp³-hybridized carbons (Fsp3) is 0.0909. The molecule has 4 nitrogen and oxygen atoms in total. The van der Waals surface area contributed by atoms with Gasteiger partial charge < -0.3 is 14.0 Å². The third kappa shape index (κ3) is 8.15. The van der Waals surface area contributed by atoms with Crippen molar-refractivity contribution in [2.24, 2.45) is 0 Å². The summed E-state index contributed by atoms with van der Waals surface area (Å²) < 4.78 is 30.1. The minimum atomic E-state index is -2.09. The second kappa shape index (κ2) is 17.3. The van der Waals surface area contributed by atoms with E-state index in [1.807, 2.05) is 36.4 Å². The Bertz CT molecular complexity index is 3060. The number of pyridine rings is 1. The van der Waals surface area contributed by atoms with E-state index in [-0.39, 0.29) is 31.1 Å². The largest absolute Gasteiger partial charge is 0.557 e. The second-order valence-electron chi connectivity index (χ2n) is 15.5. The van der Waals surface area contributed by atoms with Crippen LogP contribution < -0.4 is 0 Å². The predicted molar refractivity (Wildman–Crippen MR) is 243 cm³/mol. The zero-order valence-corrected chi connectivity index (χ0v) is 35.9. The van der Waals surface area contributed by atoms with Crippen molar-refractivity contribution >= 4 is 22.0 Å². The van der Waals surface area contributed by atoms with Gasteiger partial charge in [-0.2, -0.15) is 0 Å². The van der Waals surface area contributed by atoms with Crippen molar-refractivity contribution in [1.29, 1.82) is 0 Å². The van der Waals surface area contributed by atoms with Gasteiger partial charge in [-0.25, -0.2) is 0 Å². The number of fused-ring (bicyclic) bond motifs is 2. The number of hydrogen-bond donors (Lipinski definition) is 0. The van der Waals surface area contributed by atoms with Crippen molar-refractivity contribution in [2.45, 2.75) is 33.0 Å². The van der Waals surface area contributed by atoms with E-state index in [1.54, 1.807) is 18.2 Å². The van der Waals surface area contributed by atoms with Gasteiger partial charge in [0.15, 0.2) is 0 Å². The molecule has 7 aromatic carbocycles. The van der Waals surface area contributed by atoms with Crippen LogP contribution in [0.1, 0.15) is 36.0 Å². The van der Waals surface area contributed by atoms with Gasteiger partial charge in [0.2, 0.25) is 0 Å². The minimum absolute atomic E-state index is 0. The van der Waals surface area contributed by atoms with Crippen LogP contribution in [0.4, 0.5) is 0 Å². The van der Waals surface area contributed by atoms with Crippen molar-refractivity contribution in [2.75, 3.05) is 0 Å². The van der Waals surface area contributed by atoms with Gasteiger partial charge in [-0.1, -0.05) is 165 Å². The number of furan rings is 1. The summed E-state index contributed by atoms with van der Waals surface area (Å²) in [4.78, 5) is 9.42. The third-order valence-electron chi connectivity index (χ3n) is 10.5. The zero-order valence-electron chi connectivity index (χ0n) is 36.5. The molecule has 0 N–H and O–H groups in total. The van der Waals surface area contributed by atoms with Crippen LogP contribution in [0.5, 0.6) is 0 Å². The number of benzene rings is 7. The molecule has 0 aliphatic rings. The van der Waals surface area contributed by atoms with E-state index in [2.05, 4.69) is 170 Å². The summed E-state index contributed by atoms with van der Waals surface area (Å²) in [6.07, 6.45) is 4.67. The molecule has 295 valence electrons. The molecule has 10 rings (SSSR count). The van der Waals surface area contributed by atoms with E-state index in [9.17, 15) is 0 Å². The van der Waals surface area contributed by atoms with Gasteiger partial charge in [0.1, 0.15) is 0 Å². The van der Waals surface area contributed by atoms with Crippen LogP contribution in [0.2, 0.25) is 0 Å². The molecule has 3 aromatic heterocycles. The van der Waals surface area contributed by atoms with Crippen LogP contribution in [0.3, 0.4) is 0 Å². The second-order valence-corrected chi connectivity index (χ2v) is 15.5. The van der Waals surface area contributed by atoms with Gasteiger partial charge in [-0.15, -0.1) is 35.9 Å². The van der Waals surface area contributed by atoms with Crippen LogP contribution in [-0.2, 0) is 25.5 Å². The number of aromatic nitrogens is 3. The smallest absolute Gasteiger partial charge is 0.0774 e. The van der Waals surface area contributed by atoms with Gasteiger partial charge in [0.05, 0.1) is 22.5 Å². The SMILES string of the molecule is CC(C)(C)c1cc(-c2ccccc2)c(-n2c(-c3[c-]oc4ccc(-c5ccccc5)cc34)nc3ccccc32)c(-c2ccccc2)c1.[2H]C([2H])([2H])c1ccc(-c2[c-]cccc2)nc1.[Ir]. The Morgan fingerprint density at radius 2 is 1.27 bits per heavy atom. The Labute approximate surface area is 369 Å². The molecule has 60 heavy (non-hydrogen) atoms. The number of hydrogen-bond acceptors (Lipinski definition) is 3. The first-order valence-corrected chi connectivity index (χ1v) is 19.7. The Morgan fingerprint density at radius 1 is 0.633 bits per heavy atom. The summed E-state index contributed by atoms with van der Waals surface area (Å²) in [5.41, 5.74) is 14.6. The van der Waals surface area contributed by atoms with Crippen molar-refractivity contribution < 1.29 is 28.6 Å². The van der Waals surface area contributed by atoms with Gasteiger partial charge in [-0.05, 0) is 75.6 Å². The standard InChI is InChI=1S/C43H33N2O.C12H10N.Ir/c1-43(2,3)33-26-34(30-17-9-5-10-18-30)41(35(27-33)31-19-11-6-12-20-31)45-39-22-14-13-21-38(39)44-42(45)37-28-46-40-24-23-32(25-36(37)40)29-15-7-4-8-16-29;1-10-7-8-12(13-9-10)11-5-3-2-4-6-11;/h4-27H,1-3H3;2-5,7-9H,1H3;/q2*-1;/i;1D3;. The number of aryl methyl sites for hydroxylation is 1. The third-order valence-corrected chi connectivity index (χ3v) is 10.5. The molecule has 10 aromatic rings. The number of imidazole rings is 1. The molecule has 0 bridgehead atoms. The fourth-order valence-electron chi connectivity index (χ4n) is 7.46. The minimum Gasteiger partial charge on any atom is -0.557 e. The van der Waals surface area contributed by atoms with Gasteiger partial charge in [0, 0.05) is 53.4 Å². The Kier molecular flexibility index (Phi) is 10.5. The first kappa shape index (κ1) is 36.4. The average molecular weight is 957 g/mol. The van der Waals surface area contributed by atoms with Crippen molar-refractivity contribution in [3.63, 3.8) is 0 Å². The predicted octanol–water partition coefficient (Wildman–Crippen LogP) is 14.4. The Morgan fingerprint density at radius 3 is 1.87 bits per heavy atom. The van der Waals surface area contributed by atoms with E-state index in [1.165, 1.54) is 11.8 Å². The van der Waals surface area contributed by atoms with E-state index in [0.717, 1.165) is 83.7 Å². The number of nitrogens with zero attached hydrogens (tertiary/aromatic N) is 3. The van der Waals surface area contributed by atoms with Crippen LogP contribution >= 0.6 is 0 Å². The number of rotatable bonds is 6. The first-order chi connectivity index (χ1) is 30.0. The van der Waals surface area contributed by atoms with Crippen molar-refractivity contribution in [3.8, 4) is 61.7 Å². The molecule has 1 radical (unpaired) electrons. The molecule has 0 atom stereocenters. The molecule has 0 spiro atoms. The van der Waals surface area contributed by atoms with Gasteiger partial charge in [0.25, 0.3) is 0 Å². The summed E-state index contributed by atoms with van der Waals surface area (Å²) in [5.74, 6) is 0.794. The van der Waals surface area contributed by atoms with Crippen LogP contribution in [0.25, 0.3) is 83.7 Å². The van der Waals surface area contributed by atoms with E-state index < -0.39 is 6.85 Å². The zero-order chi connectivity index (χ0) is 42.8. The molecular formula is C55H43IrN3O-2. The van der Waals surface area contributed by atoms with Crippen LogP contribution in [0, 0.1) is 19.2 Å². The molecule has 0 fully saturated rings. The van der Waals surface area contributed by atoms with Gasteiger partial charge in [-0.3, -0.25) is 4.98 Å². The van der Waals surface area contributed by atoms with Crippen molar-refractivity contribution in [1.82, 2.24) is 14.5 Å².